The molecule has 0 bridgehead atoms. The Hall–Kier alpha value is -5.13. The van der Waals surface area contributed by atoms with Crippen molar-refractivity contribution in [1.82, 2.24) is 9.80 Å². The van der Waals surface area contributed by atoms with Crippen molar-refractivity contribution in [3.8, 4) is 5.75 Å². The molecule has 0 aromatic heterocycles. The van der Waals surface area contributed by atoms with Gasteiger partial charge in [0, 0.05) is 49.4 Å². The maximum Gasteiger partial charge on any atom is 0.323 e. The summed E-state index contributed by atoms with van der Waals surface area (Å²) in [5, 5.41) is 20.9. The van der Waals surface area contributed by atoms with Gasteiger partial charge in [0.2, 0.25) is 0 Å². The Balaban J connectivity index is 1.38. The highest BCUT2D eigenvalue weighted by atomic mass is 16.5. The molecule has 1 aliphatic heterocycles. The van der Waals surface area contributed by atoms with E-state index in [2.05, 4.69) is 16.0 Å². The fourth-order valence-corrected chi connectivity index (χ4v) is 6.18. The van der Waals surface area contributed by atoms with Crippen molar-refractivity contribution >= 4 is 45.8 Å². The number of nitrogens with one attached hydrogen (secondary N) is 3. The molecular weight excluding hydrogens is 646 g/mol. The van der Waals surface area contributed by atoms with E-state index in [9.17, 15) is 19.5 Å². The third kappa shape index (κ3) is 9.99. The number of amides is 5. The monoisotopic (exact) mass is 695 g/mol. The number of hydrogen-bond donors (Lipinski definition) is 4. The number of benzene rings is 4. The smallest absolute Gasteiger partial charge is 0.323 e. The predicted octanol–water partition coefficient (Wildman–Crippen LogP) is 7.44. The van der Waals surface area contributed by atoms with Gasteiger partial charge in [0.1, 0.15) is 5.75 Å². The first-order valence-electron chi connectivity index (χ1n) is 17.6. The molecule has 51 heavy (non-hydrogen) atoms. The molecule has 0 fully saturated rings. The van der Waals surface area contributed by atoms with Crippen LogP contribution in [-0.4, -0.2) is 84.5 Å². The van der Waals surface area contributed by atoms with Crippen molar-refractivity contribution in [2.75, 3.05) is 49.3 Å². The van der Waals surface area contributed by atoms with Crippen LogP contribution in [0.3, 0.4) is 0 Å². The lowest BCUT2D eigenvalue weighted by atomic mass is 10.0. The van der Waals surface area contributed by atoms with Crippen LogP contribution in [0.15, 0.2) is 91.0 Å². The molecule has 0 aliphatic carbocycles. The molecule has 11 heteroatoms. The van der Waals surface area contributed by atoms with Gasteiger partial charge < -0.3 is 40.3 Å². The van der Waals surface area contributed by atoms with Crippen LogP contribution in [0.25, 0.3) is 10.8 Å². The van der Waals surface area contributed by atoms with Crippen molar-refractivity contribution in [3.05, 3.63) is 96.6 Å². The zero-order valence-corrected chi connectivity index (χ0v) is 29.8. The number of likely N-dealkylation sites (N-methyl/N-ethyl adjacent to an activating group) is 1. The number of urea groups is 2. The fraction of sp³-hybridized carbons (Fsp3) is 0.375. The highest BCUT2D eigenvalue weighted by molar-refractivity contribution is 6.07. The van der Waals surface area contributed by atoms with Gasteiger partial charge in [-0.15, -0.1) is 0 Å². The average molecular weight is 696 g/mol. The Kier molecular flexibility index (Phi) is 12.9. The standard InChI is InChI=1S/C40H49N5O6/c1-27-24-45(28(2)26-46)38(47)34-23-32(41-39(48)43-35-19-12-15-30-14-8-9-18-33(30)35)20-21-36(34)51-29(3)13-10-11-22-50-37(27)25-44(4)40(49)42-31-16-6-5-7-17-31/h5-9,12,14-21,23,27-29,37,46H,10-11,13,22,24-26H2,1-4H3,(H,42,49)(H2,41,43,48)/t27-,28-,29-,37-/m0/s1. The Morgan fingerprint density at radius 3 is 2.45 bits per heavy atom. The number of para-hydroxylation sites is 1. The quantitative estimate of drug-likeness (QED) is 0.159. The zero-order chi connectivity index (χ0) is 36.3. The molecule has 1 heterocycles. The first-order valence-corrected chi connectivity index (χ1v) is 17.6. The number of aliphatic hydroxyl groups excluding tert-OH is 1. The average Bonchev–Trinajstić information content (AvgIpc) is 3.13. The zero-order valence-electron chi connectivity index (χ0n) is 29.8. The molecule has 4 N–H and O–H groups in total. The number of nitrogens with zero attached hydrogens (tertiary/aromatic N) is 2. The summed E-state index contributed by atoms with van der Waals surface area (Å²) < 4.78 is 12.7. The molecule has 1 aliphatic rings. The molecule has 5 amide bonds. The number of rotatable bonds is 7. The molecule has 0 radical (unpaired) electrons. The van der Waals surface area contributed by atoms with Crippen LogP contribution in [-0.2, 0) is 4.74 Å². The Morgan fingerprint density at radius 1 is 0.922 bits per heavy atom. The molecule has 11 nitrogen and oxygen atoms in total. The summed E-state index contributed by atoms with van der Waals surface area (Å²) in [5.41, 5.74) is 2.03. The summed E-state index contributed by atoms with van der Waals surface area (Å²) >= 11 is 0. The topological polar surface area (TPSA) is 132 Å². The van der Waals surface area contributed by atoms with Gasteiger partial charge in [0.15, 0.2) is 0 Å². The second-order valence-electron chi connectivity index (χ2n) is 13.3. The molecule has 4 atom stereocenters. The summed E-state index contributed by atoms with van der Waals surface area (Å²) in [4.78, 5) is 44.0. The number of hydrogen-bond acceptors (Lipinski definition) is 6. The predicted molar refractivity (Wildman–Crippen MR) is 202 cm³/mol. The first-order chi connectivity index (χ1) is 24.6. The second-order valence-corrected chi connectivity index (χ2v) is 13.3. The van der Waals surface area contributed by atoms with E-state index in [1.165, 1.54) is 0 Å². The van der Waals surface area contributed by atoms with Gasteiger partial charge in [0.25, 0.3) is 5.91 Å². The Morgan fingerprint density at radius 2 is 1.67 bits per heavy atom. The van der Waals surface area contributed by atoms with Gasteiger partial charge in [-0.1, -0.05) is 61.5 Å². The molecule has 0 spiro atoms. The van der Waals surface area contributed by atoms with Crippen LogP contribution in [0.1, 0.15) is 50.4 Å². The highest BCUT2D eigenvalue weighted by Gasteiger charge is 2.31. The molecule has 0 saturated carbocycles. The second kappa shape index (κ2) is 17.7. The number of ether oxygens (including phenoxy) is 2. The minimum atomic E-state index is -0.538. The van der Waals surface area contributed by atoms with Gasteiger partial charge in [0.05, 0.1) is 36.1 Å². The van der Waals surface area contributed by atoms with E-state index in [-0.39, 0.29) is 48.8 Å². The van der Waals surface area contributed by atoms with Crippen LogP contribution < -0.4 is 20.7 Å². The minimum absolute atomic E-state index is 0.195. The van der Waals surface area contributed by atoms with E-state index in [0.717, 1.165) is 30.0 Å². The van der Waals surface area contributed by atoms with Crippen molar-refractivity contribution in [2.24, 2.45) is 5.92 Å². The van der Waals surface area contributed by atoms with Gasteiger partial charge in [-0.05, 0) is 74.9 Å². The van der Waals surface area contributed by atoms with Gasteiger partial charge in [-0.3, -0.25) is 4.79 Å². The summed E-state index contributed by atoms with van der Waals surface area (Å²) in [6, 6.07) is 26.5. The maximum absolute atomic E-state index is 14.5. The summed E-state index contributed by atoms with van der Waals surface area (Å²) in [7, 11) is 1.72. The van der Waals surface area contributed by atoms with Gasteiger partial charge in [-0.25, -0.2) is 9.59 Å². The van der Waals surface area contributed by atoms with Gasteiger partial charge in [-0.2, -0.15) is 0 Å². The maximum atomic E-state index is 14.5. The largest absolute Gasteiger partial charge is 0.490 e. The number of aliphatic hydroxyl groups is 1. The minimum Gasteiger partial charge on any atom is -0.490 e. The lowest BCUT2D eigenvalue weighted by Crippen LogP contribution is -2.48. The van der Waals surface area contributed by atoms with E-state index < -0.39 is 12.1 Å². The number of anilines is 3. The summed E-state index contributed by atoms with van der Waals surface area (Å²) in [6.45, 7) is 6.50. The highest BCUT2D eigenvalue weighted by Crippen LogP contribution is 2.29. The molecule has 270 valence electrons. The van der Waals surface area contributed by atoms with E-state index in [0.29, 0.717) is 36.0 Å². The van der Waals surface area contributed by atoms with Crippen LogP contribution in [0.4, 0.5) is 26.7 Å². The fourth-order valence-electron chi connectivity index (χ4n) is 6.18. The molecule has 4 aromatic rings. The molecule has 5 rings (SSSR count). The first kappa shape index (κ1) is 37.1. The van der Waals surface area contributed by atoms with Crippen LogP contribution in [0.2, 0.25) is 0 Å². The third-order valence-electron chi connectivity index (χ3n) is 9.17. The SMILES string of the molecule is C[C@H]1CCCCO[C@@H](CN(C)C(=O)Nc2ccccc2)[C@@H](C)CN([C@@H](C)CO)C(=O)c2cc(NC(=O)Nc3cccc4ccccc34)ccc2O1. The van der Waals surface area contributed by atoms with E-state index in [1.54, 1.807) is 42.0 Å². The lowest BCUT2D eigenvalue weighted by Gasteiger charge is -2.35. The van der Waals surface area contributed by atoms with Crippen molar-refractivity contribution in [3.63, 3.8) is 0 Å². The number of carbonyl (C=O) groups is 3. The van der Waals surface area contributed by atoms with E-state index in [4.69, 9.17) is 9.47 Å². The van der Waals surface area contributed by atoms with Crippen molar-refractivity contribution < 1.29 is 29.0 Å². The van der Waals surface area contributed by atoms with Crippen LogP contribution in [0.5, 0.6) is 5.75 Å². The molecular formula is C40H49N5O6. The summed E-state index contributed by atoms with van der Waals surface area (Å²) in [6.07, 6.45) is 1.80. The third-order valence-corrected chi connectivity index (χ3v) is 9.17. The van der Waals surface area contributed by atoms with E-state index in [1.807, 2.05) is 86.6 Å². The van der Waals surface area contributed by atoms with Crippen molar-refractivity contribution in [1.29, 1.82) is 0 Å². The van der Waals surface area contributed by atoms with Crippen molar-refractivity contribution in [2.45, 2.75) is 58.3 Å². The van der Waals surface area contributed by atoms with Gasteiger partial charge >= 0.3 is 12.1 Å². The Labute approximate surface area is 299 Å². The molecule has 4 aromatic carbocycles. The Bertz CT molecular complexity index is 1780. The number of carbonyl (C=O) groups excluding carboxylic acids is 3. The lowest BCUT2D eigenvalue weighted by molar-refractivity contribution is -0.0115. The summed E-state index contributed by atoms with van der Waals surface area (Å²) in [5.74, 6) is -0.166. The number of fused-ring (bicyclic) bond motifs is 2. The van der Waals surface area contributed by atoms with E-state index >= 15 is 0 Å². The van der Waals surface area contributed by atoms with Crippen LogP contribution in [0, 0.1) is 5.92 Å². The molecule has 0 unspecified atom stereocenters. The molecule has 0 saturated heterocycles. The normalized spacial score (nSPS) is 19.2. The van der Waals surface area contributed by atoms with Crippen LogP contribution >= 0.6 is 0 Å².